The highest BCUT2D eigenvalue weighted by Gasteiger charge is 2.46. The molecule has 1 saturated carbocycles. The number of rotatable bonds is 4. The minimum Gasteiger partial charge on any atom is -0.459 e. The number of hydrogen-bond donors (Lipinski definition) is 0. The van der Waals surface area contributed by atoms with E-state index in [0.29, 0.717) is 18.1 Å². The first kappa shape index (κ1) is 18.7. The van der Waals surface area contributed by atoms with Crippen LogP contribution in [0.1, 0.15) is 48.3 Å². The van der Waals surface area contributed by atoms with Gasteiger partial charge < -0.3 is 14.2 Å². The molecule has 1 aromatic heterocycles. The van der Waals surface area contributed by atoms with E-state index >= 15 is 0 Å². The van der Waals surface area contributed by atoms with E-state index in [1.807, 2.05) is 64.4 Å². The summed E-state index contributed by atoms with van der Waals surface area (Å²) in [5.74, 6) is 0.683. The first-order valence-electron chi connectivity index (χ1n) is 10.5. The van der Waals surface area contributed by atoms with Crippen LogP contribution in [0.5, 0.6) is 0 Å². The Morgan fingerprint density at radius 2 is 1.70 bits per heavy atom. The topological polar surface area (TPSA) is 53.8 Å². The van der Waals surface area contributed by atoms with Crippen molar-refractivity contribution in [3.63, 3.8) is 0 Å². The summed E-state index contributed by atoms with van der Waals surface area (Å²) in [5, 5.41) is 0. The van der Waals surface area contributed by atoms with Gasteiger partial charge in [0.05, 0.1) is 12.3 Å². The Kier molecular flexibility index (Phi) is 4.66. The lowest BCUT2D eigenvalue weighted by Crippen LogP contribution is -2.49. The van der Waals surface area contributed by atoms with Crippen LogP contribution >= 0.6 is 0 Å². The molecule has 2 amide bonds. The number of carbonyl (C=O) groups is 2. The fraction of sp³-hybridized carbons (Fsp3) is 0.280. The van der Waals surface area contributed by atoms with Crippen LogP contribution in [0.3, 0.4) is 0 Å². The molecule has 1 aliphatic heterocycles. The number of fused-ring (bicyclic) bond motifs is 1. The second-order valence-electron chi connectivity index (χ2n) is 8.09. The SMILES string of the molecule is CC(=O)N(c1ccccc1)C1CC(C2CC2)N(C(=O)c2ccco2)c2ccccc21. The van der Waals surface area contributed by atoms with Crippen molar-refractivity contribution < 1.29 is 14.0 Å². The Labute approximate surface area is 175 Å². The van der Waals surface area contributed by atoms with E-state index in [4.69, 9.17) is 4.42 Å². The van der Waals surface area contributed by atoms with Gasteiger partial charge in [-0.1, -0.05) is 36.4 Å². The van der Waals surface area contributed by atoms with Crippen molar-refractivity contribution in [1.29, 1.82) is 0 Å². The van der Waals surface area contributed by atoms with Crippen LogP contribution in [0.15, 0.2) is 77.4 Å². The Bertz CT molecular complexity index is 1060. The number of benzene rings is 2. The lowest BCUT2D eigenvalue weighted by Gasteiger charge is -2.44. The number of amides is 2. The number of anilines is 2. The Morgan fingerprint density at radius 1 is 0.967 bits per heavy atom. The minimum absolute atomic E-state index is 0.00126. The predicted octanol–water partition coefficient (Wildman–Crippen LogP) is 5.20. The van der Waals surface area contributed by atoms with Crippen LogP contribution in [0.2, 0.25) is 0 Å². The molecule has 3 aromatic rings. The number of nitrogens with zero attached hydrogens (tertiary/aromatic N) is 2. The van der Waals surface area contributed by atoms with Gasteiger partial charge in [0.15, 0.2) is 5.76 Å². The van der Waals surface area contributed by atoms with Gasteiger partial charge in [-0.25, -0.2) is 0 Å². The molecule has 0 bridgehead atoms. The van der Waals surface area contributed by atoms with Gasteiger partial charge in [-0.05, 0) is 61.1 Å². The number of hydrogen-bond acceptors (Lipinski definition) is 3. The third kappa shape index (κ3) is 3.20. The van der Waals surface area contributed by atoms with Crippen molar-refractivity contribution in [2.24, 2.45) is 5.92 Å². The van der Waals surface area contributed by atoms with E-state index in [9.17, 15) is 9.59 Å². The molecule has 152 valence electrons. The van der Waals surface area contributed by atoms with Gasteiger partial charge in [0.1, 0.15) is 0 Å². The Morgan fingerprint density at radius 3 is 2.37 bits per heavy atom. The second kappa shape index (κ2) is 7.48. The van der Waals surface area contributed by atoms with Crippen molar-refractivity contribution in [2.45, 2.75) is 38.3 Å². The van der Waals surface area contributed by atoms with Crippen LogP contribution in [0, 0.1) is 5.92 Å². The zero-order chi connectivity index (χ0) is 20.7. The van der Waals surface area contributed by atoms with Crippen molar-refractivity contribution in [1.82, 2.24) is 0 Å². The molecule has 2 atom stereocenters. The van der Waals surface area contributed by atoms with Gasteiger partial charge in [-0.15, -0.1) is 0 Å². The largest absolute Gasteiger partial charge is 0.459 e. The summed E-state index contributed by atoms with van der Waals surface area (Å²) in [6.07, 6.45) is 4.45. The molecule has 0 saturated heterocycles. The molecule has 1 aliphatic carbocycles. The van der Waals surface area contributed by atoms with Gasteiger partial charge in [0.2, 0.25) is 5.91 Å². The molecule has 0 spiro atoms. The second-order valence-corrected chi connectivity index (χ2v) is 8.09. The van der Waals surface area contributed by atoms with E-state index in [1.165, 1.54) is 6.26 Å². The molecule has 2 heterocycles. The summed E-state index contributed by atoms with van der Waals surface area (Å²) in [7, 11) is 0. The van der Waals surface area contributed by atoms with Crippen molar-refractivity contribution >= 4 is 23.2 Å². The van der Waals surface area contributed by atoms with Crippen molar-refractivity contribution in [2.75, 3.05) is 9.80 Å². The molecule has 2 aliphatic rings. The Hall–Kier alpha value is -3.34. The van der Waals surface area contributed by atoms with Crippen molar-refractivity contribution in [3.05, 3.63) is 84.3 Å². The fourth-order valence-corrected chi connectivity index (χ4v) is 4.71. The highest BCUT2D eigenvalue weighted by atomic mass is 16.3. The van der Waals surface area contributed by atoms with E-state index in [1.54, 1.807) is 19.1 Å². The third-order valence-corrected chi connectivity index (χ3v) is 6.15. The molecule has 30 heavy (non-hydrogen) atoms. The molecule has 2 unspecified atom stereocenters. The highest BCUT2D eigenvalue weighted by Crippen LogP contribution is 2.49. The number of para-hydroxylation sites is 2. The molecule has 5 rings (SSSR count). The highest BCUT2D eigenvalue weighted by molar-refractivity contribution is 6.06. The van der Waals surface area contributed by atoms with Crippen molar-refractivity contribution in [3.8, 4) is 0 Å². The first-order valence-corrected chi connectivity index (χ1v) is 10.5. The maximum Gasteiger partial charge on any atom is 0.294 e. The van der Waals surface area contributed by atoms with Gasteiger partial charge in [-0.2, -0.15) is 0 Å². The van der Waals surface area contributed by atoms with Crippen LogP contribution in [0.4, 0.5) is 11.4 Å². The number of carbonyl (C=O) groups excluding carboxylic acids is 2. The maximum atomic E-state index is 13.4. The lowest BCUT2D eigenvalue weighted by molar-refractivity contribution is -0.117. The summed E-state index contributed by atoms with van der Waals surface area (Å²) >= 11 is 0. The standard InChI is InChI=1S/C25H24N2O3/c1-17(28)26(19-8-3-2-4-9-19)23-16-22(18-13-14-18)27(21-11-6-5-10-20(21)23)25(29)24-12-7-15-30-24/h2-12,15,18,22-23H,13-14,16H2,1H3. The zero-order valence-corrected chi connectivity index (χ0v) is 16.9. The van der Waals surface area contributed by atoms with Crippen LogP contribution in [0.25, 0.3) is 0 Å². The van der Waals surface area contributed by atoms with E-state index in [-0.39, 0.29) is 23.9 Å². The molecular formula is C25H24N2O3. The minimum atomic E-state index is -0.118. The zero-order valence-electron chi connectivity index (χ0n) is 16.9. The van der Waals surface area contributed by atoms with Crippen LogP contribution in [-0.4, -0.2) is 17.9 Å². The number of furan rings is 1. The summed E-state index contributed by atoms with van der Waals surface area (Å²) in [5.41, 5.74) is 2.74. The maximum absolute atomic E-state index is 13.4. The van der Waals surface area contributed by atoms with Gasteiger partial charge in [0.25, 0.3) is 5.91 Å². The average molecular weight is 400 g/mol. The summed E-state index contributed by atoms with van der Waals surface area (Å²) in [6, 6.07) is 21.1. The molecule has 1 fully saturated rings. The monoisotopic (exact) mass is 400 g/mol. The fourth-order valence-electron chi connectivity index (χ4n) is 4.71. The van der Waals surface area contributed by atoms with E-state index in [2.05, 4.69) is 0 Å². The molecule has 5 nitrogen and oxygen atoms in total. The molecule has 0 N–H and O–H groups in total. The van der Waals surface area contributed by atoms with E-state index in [0.717, 1.165) is 29.8 Å². The smallest absolute Gasteiger partial charge is 0.294 e. The van der Waals surface area contributed by atoms with Gasteiger partial charge >= 0.3 is 0 Å². The summed E-state index contributed by atoms with van der Waals surface area (Å²) in [4.78, 5) is 30.0. The van der Waals surface area contributed by atoms with E-state index < -0.39 is 0 Å². The normalized spacial score (nSPS) is 20.5. The molecule has 5 heteroatoms. The van der Waals surface area contributed by atoms with Crippen LogP contribution in [-0.2, 0) is 4.79 Å². The summed E-state index contributed by atoms with van der Waals surface area (Å²) < 4.78 is 5.44. The van der Waals surface area contributed by atoms with Gasteiger partial charge in [0, 0.05) is 24.3 Å². The van der Waals surface area contributed by atoms with Gasteiger partial charge in [-0.3, -0.25) is 9.59 Å². The third-order valence-electron chi connectivity index (χ3n) is 6.15. The average Bonchev–Trinajstić information content (AvgIpc) is 3.47. The summed E-state index contributed by atoms with van der Waals surface area (Å²) in [6.45, 7) is 1.61. The molecule has 2 aromatic carbocycles. The van der Waals surface area contributed by atoms with Crippen LogP contribution < -0.4 is 9.80 Å². The first-order chi connectivity index (χ1) is 14.6. The Balaban J connectivity index is 1.62. The quantitative estimate of drug-likeness (QED) is 0.605. The molecular weight excluding hydrogens is 376 g/mol. The predicted molar refractivity (Wildman–Crippen MR) is 115 cm³/mol. The molecule has 0 radical (unpaired) electrons. The lowest BCUT2D eigenvalue weighted by atomic mass is 9.87.